The van der Waals surface area contributed by atoms with E-state index in [2.05, 4.69) is 16.0 Å². The highest BCUT2D eigenvalue weighted by atomic mass is 16.5. The second-order valence-electron chi connectivity index (χ2n) is 9.54. The minimum Gasteiger partial charge on any atom is -0.490 e. The first kappa shape index (κ1) is 23.8. The van der Waals surface area contributed by atoms with E-state index in [0.29, 0.717) is 36.7 Å². The lowest BCUT2D eigenvalue weighted by Crippen LogP contribution is -2.52. The summed E-state index contributed by atoms with van der Waals surface area (Å²) >= 11 is 0. The Labute approximate surface area is 208 Å². The standard InChI is InChI=1S/C26H29N5O5/c27-12-16-10-20(11-16)36-19-4-2-18(3-5-19)29-26(35)28-13-15-1-6-21-17(9-15)14-31(25(21)34)22-7-8-23(32)30-24(22)33/h1-6,9,16,20,22H,7-8,10-14,27H2,(H2,28,29,35)(H,30,32,33). The number of carbonyl (C=O) groups is 4. The molecule has 1 unspecified atom stereocenters. The lowest BCUT2D eigenvalue weighted by Gasteiger charge is -2.34. The lowest BCUT2D eigenvalue weighted by atomic mass is 9.82. The molecule has 2 heterocycles. The van der Waals surface area contributed by atoms with Crippen LogP contribution in [0.3, 0.4) is 0 Å². The van der Waals surface area contributed by atoms with E-state index in [1.807, 2.05) is 18.2 Å². The Hall–Kier alpha value is -3.92. The van der Waals surface area contributed by atoms with E-state index in [4.69, 9.17) is 10.5 Å². The molecule has 1 atom stereocenters. The van der Waals surface area contributed by atoms with Gasteiger partial charge in [0.25, 0.3) is 5.91 Å². The number of nitrogens with one attached hydrogen (secondary N) is 3. The number of hydrogen-bond acceptors (Lipinski definition) is 6. The molecule has 1 aliphatic carbocycles. The maximum Gasteiger partial charge on any atom is 0.319 e. The molecular weight excluding hydrogens is 462 g/mol. The van der Waals surface area contributed by atoms with Crippen molar-refractivity contribution < 1.29 is 23.9 Å². The predicted molar refractivity (Wildman–Crippen MR) is 131 cm³/mol. The molecule has 5 N–H and O–H groups in total. The van der Waals surface area contributed by atoms with Crippen LogP contribution in [0.5, 0.6) is 5.75 Å². The Balaban J connectivity index is 1.11. The Morgan fingerprint density at radius 2 is 1.89 bits per heavy atom. The Bertz CT molecular complexity index is 1190. The summed E-state index contributed by atoms with van der Waals surface area (Å²) in [6.45, 7) is 1.27. The van der Waals surface area contributed by atoms with Gasteiger partial charge in [0.1, 0.15) is 11.8 Å². The van der Waals surface area contributed by atoms with Gasteiger partial charge in [0.15, 0.2) is 0 Å². The van der Waals surface area contributed by atoms with Crippen LogP contribution in [0.15, 0.2) is 42.5 Å². The van der Waals surface area contributed by atoms with Crippen molar-refractivity contribution in [3.05, 3.63) is 59.2 Å². The summed E-state index contributed by atoms with van der Waals surface area (Å²) in [7, 11) is 0. The van der Waals surface area contributed by atoms with E-state index in [1.165, 1.54) is 4.90 Å². The van der Waals surface area contributed by atoms with Gasteiger partial charge in [-0.2, -0.15) is 0 Å². The van der Waals surface area contributed by atoms with Gasteiger partial charge in [0, 0.05) is 30.8 Å². The number of piperidine rings is 1. The Kier molecular flexibility index (Phi) is 6.60. The van der Waals surface area contributed by atoms with Crippen LogP contribution in [-0.4, -0.2) is 47.3 Å². The van der Waals surface area contributed by atoms with Gasteiger partial charge in [-0.3, -0.25) is 19.7 Å². The fraction of sp³-hybridized carbons (Fsp3) is 0.385. The van der Waals surface area contributed by atoms with Gasteiger partial charge in [-0.15, -0.1) is 0 Å². The molecule has 5 amide bonds. The van der Waals surface area contributed by atoms with Gasteiger partial charge in [-0.05, 0) is 73.2 Å². The van der Waals surface area contributed by atoms with Crippen LogP contribution >= 0.6 is 0 Å². The number of nitrogens with two attached hydrogens (primary N) is 1. The maximum absolute atomic E-state index is 12.8. The fourth-order valence-corrected chi connectivity index (χ4v) is 4.87. The van der Waals surface area contributed by atoms with Crippen molar-refractivity contribution in [3.8, 4) is 5.75 Å². The summed E-state index contributed by atoms with van der Waals surface area (Å²) in [4.78, 5) is 50.3. The van der Waals surface area contributed by atoms with Crippen molar-refractivity contribution in [3.63, 3.8) is 0 Å². The van der Waals surface area contributed by atoms with E-state index in [1.54, 1.807) is 24.3 Å². The van der Waals surface area contributed by atoms with Gasteiger partial charge < -0.3 is 26.0 Å². The van der Waals surface area contributed by atoms with Crippen LogP contribution < -0.4 is 26.4 Å². The molecule has 3 aliphatic rings. The summed E-state index contributed by atoms with van der Waals surface area (Å²) in [6.07, 6.45) is 2.70. The third kappa shape index (κ3) is 5.03. The zero-order valence-electron chi connectivity index (χ0n) is 19.8. The summed E-state index contributed by atoms with van der Waals surface area (Å²) in [6, 6.07) is 11.6. The van der Waals surface area contributed by atoms with Crippen molar-refractivity contribution in [2.24, 2.45) is 11.7 Å². The summed E-state index contributed by atoms with van der Waals surface area (Å²) in [5.41, 5.74) is 8.46. The topological polar surface area (TPSA) is 143 Å². The van der Waals surface area contributed by atoms with Crippen LogP contribution in [0.4, 0.5) is 10.5 Å². The number of amides is 5. The highest BCUT2D eigenvalue weighted by Crippen LogP contribution is 2.31. The zero-order chi connectivity index (χ0) is 25.2. The van der Waals surface area contributed by atoms with Gasteiger partial charge in [-0.1, -0.05) is 12.1 Å². The molecule has 5 rings (SSSR count). The van der Waals surface area contributed by atoms with Gasteiger partial charge >= 0.3 is 6.03 Å². The molecule has 0 radical (unpaired) electrons. The molecule has 0 aromatic heterocycles. The molecule has 188 valence electrons. The number of urea groups is 1. The minimum atomic E-state index is -0.650. The number of ether oxygens (including phenoxy) is 1. The van der Waals surface area contributed by atoms with Crippen molar-refractivity contribution >= 4 is 29.4 Å². The van der Waals surface area contributed by atoms with Crippen molar-refractivity contribution in [1.29, 1.82) is 0 Å². The molecule has 10 nitrogen and oxygen atoms in total. The lowest BCUT2D eigenvalue weighted by molar-refractivity contribution is -0.136. The number of carbonyl (C=O) groups excluding carboxylic acids is 4. The third-order valence-electron chi connectivity index (χ3n) is 6.98. The van der Waals surface area contributed by atoms with Crippen LogP contribution in [0.25, 0.3) is 0 Å². The molecule has 2 fully saturated rings. The minimum absolute atomic E-state index is 0.208. The number of hydrogen-bond donors (Lipinski definition) is 4. The van der Waals surface area contributed by atoms with E-state index in [9.17, 15) is 19.2 Å². The molecule has 0 bridgehead atoms. The SMILES string of the molecule is NCC1CC(Oc2ccc(NC(=O)NCc3ccc4c(c3)CN(C3CCC(=O)NC3=O)C4=O)cc2)C1. The van der Waals surface area contributed by atoms with Crippen molar-refractivity contribution in [2.45, 2.75) is 50.9 Å². The zero-order valence-corrected chi connectivity index (χ0v) is 19.8. The fourth-order valence-electron chi connectivity index (χ4n) is 4.87. The molecule has 36 heavy (non-hydrogen) atoms. The molecule has 2 aliphatic heterocycles. The van der Waals surface area contributed by atoms with E-state index in [0.717, 1.165) is 29.7 Å². The molecular formula is C26H29N5O5. The summed E-state index contributed by atoms with van der Waals surface area (Å²) in [5, 5.41) is 7.92. The highest BCUT2D eigenvalue weighted by molar-refractivity contribution is 6.05. The average Bonchev–Trinajstić information content (AvgIpc) is 3.16. The largest absolute Gasteiger partial charge is 0.490 e. The molecule has 2 aromatic rings. The number of fused-ring (bicyclic) bond motifs is 1. The van der Waals surface area contributed by atoms with E-state index < -0.39 is 11.9 Å². The molecule has 10 heteroatoms. The van der Waals surface area contributed by atoms with Crippen molar-refractivity contribution in [1.82, 2.24) is 15.5 Å². The summed E-state index contributed by atoms with van der Waals surface area (Å²) < 4.78 is 5.90. The summed E-state index contributed by atoms with van der Waals surface area (Å²) in [5.74, 6) is 0.344. The number of rotatable bonds is 7. The maximum atomic E-state index is 12.8. The highest BCUT2D eigenvalue weighted by Gasteiger charge is 2.39. The van der Waals surface area contributed by atoms with E-state index >= 15 is 0 Å². The third-order valence-corrected chi connectivity index (χ3v) is 6.98. The van der Waals surface area contributed by atoms with Crippen LogP contribution in [-0.2, 0) is 22.7 Å². The second-order valence-corrected chi connectivity index (χ2v) is 9.54. The molecule has 2 aromatic carbocycles. The smallest absolute Gasteiger partial charge is 0.319 e. The predicted octanol–water partition coefficient (Wildman–Crippen LogP) is 1.89. The average molecular weight is 492 g/mol. The molecule has 1 saturated carbocycles. The van der Waals surface area contributed by atoms with Gasteiger partial charge in [0.2, 0.25) is 11.8 Å². The monoisotopic (exact) mass is 491 g/mol. The first-order valence-corrected chi connectivity index (χ1v) is 12.2. The number of benzene rings is 2. The molecule has 0 spiro atoms. The van der Waals surface area contributed by atoms with Gasteiger partial charge in [0.05, 0.1) is 6.10 Å². The first-order valence-electron chi connectivity index (χ1n) is 12.2. The van der Waals surface area contributed by atoms with Gasteiger partial charge in [-0.25, -0.2) is 4.79 Å². The second kappa shape index (κ2) is 9.98. The normalized spacial score (nSPS) is 23.0. The quantitative estimate of drug-likeness (QED) is 0.436. The van der Waals surface area contributed by atoms with Crippen LogP contribution in [0, 0.1) is 5.92 Å². The first-order chi connectivity index (χ1) is 17.4. The Morgan fingerprint density at radius 3 is 2.61 bits per heavy atom. The Morgan fingerprint density at radius 1 is 1.11 bits per heavy atom. The number of nitrogens with zero attached hydrogens (tertiary/aromatic N) is 1. The van der Waals surface area contributed by atoms with Crippen LogP contribution in [0.2, 0.25) is 0 Å². The number of imide groups is 1. The van der Waals surface area contributed by atoms with Crippen LogP contribution in [0.1, 0.15) is 47.2 Å². The number of anilines is 1. The molecule has 1 saturated heterocycles. The van der Waals surface area contributed by atoms with E-state index in [-0.39, 0.29) is 36.9 Å². The van der Waals surface area contributed by atoms with Crippen molar-refractivity contribution in [2.75, 3.05) is 11.9 Å².